The number of benzene rings is 1. The van der Waals surface area contributed by atoms with E-state index in [9.17, 15) is 33.0 Å². The molecule has 0 amide bonds. The first-order chi connectivity index (χ1) is 16.4. The Morgan fingerprint density at radius 1 is 1.31 bits per heavy atom. The van der Waals surface area contributed by atoms with Crippen molar-refractivity contribution in [3.05, 3.63) is 56.8 Å². The van der Waals surface area contributed by atoms with Crippen LogP contribution in [0.5, 0.6) is 0 Å². The van der Waals surface area contributed by atoms with E-state index in [0.717, 1.165) is 16.7 Å². The lowest BCUT2D eigenvalue weighted by molar-refractivity contribution is -0.114. The zero-order valence-corrected chi connectivity index (χ0v) is 19.4. The maximum atomic E-state index is 14.5. The fourth-order valence-corrected chi connectivity index (χ4v) is 4.24. The first kappa shape index (κ1) is 24.7. The second-order valence-corrected chi connectivity index (χ2v) is 8.74. The molecular formula is C22H21ClF3N5O4. The second kappa shape index (κ2) is 9.00. The summed E-state index contributed by atoms with van der Waals surface area (Å²) < 4.78 is 43.9. The number of nitrogens with one attached hydrogen (secondary N) is 1. The summed E-state index contributed by atoms with van der Waals surface area (Å²) in [5.74, 6) is -5.53. The van der Waals surface area contributed by atoms with Crippen LogP contribution < -0.4 is 15.8 Å². The highest BCUT2D eigenvalue weighted by atomic mass is 35.5. The van der Waals surface area contributed by atoms with Crippen molar-refractivity contribution in [2.75, 3.05) is 23.3 Å². The molecule has 0 radical (unpaired) electrons. The third-order valence-corrected chi connectivity index (χ3v) is 6.11. The van der Waals surface area contributed by atoms with Crippen molar-refractivity contribution >= 4 is 40.1 Å². The molecule has 1 saturated heterocycles. The van der Waals surface area contributed by atoms with Crippen molar-refractivity contribution in [3.63, 3.8) is 0 Å². The highest BCUT2D eigenvalue weighted by molar-refractivity contribution is 6.29. The fraction of sp³-hybridized carbons (Fsp3) is 0.364. The molecule has 2 aromatic heterocycles. The van der Waals surface area contributed by atoms with Crippen molar-refractivity contribution in [3.8, 4) is 0 Å². The number of fused-ring (bicyclic) bond motifs is 1. The van der Waals surface area contributed by atoms with E-state index in [1.165, 1.54) is 24.1 Å². The van der Waals surface area contributed by atoms with E-state index in [-0.39, 0.29) is 51.9 Å². The van der Waals surface area contributed by atoms with Gasteiger partial charge in [0.25, 0.3) is 11.5 Å². The van der Waals surface area contributed by atoms with E-state index in [1.54, 1.807) is 6.92 Å². The number of aromatic nitrogens is 3. The van der Waals surface area contributed by atoms with Gasteiger partial charge in [-0.15, -0.1) is 0 Å². The van der Waals surface area contributed by atoms with Gasteiger partial charge in [0, 0.05) is 19.2 Å². The normalized spacial score (nSPS) is 18.5. The lowest BCUT2D eigenvalue weighted by Crippen LogP contribution is -2.52. The van der Waals surface area contributed by atoms with Gasteiger partial charge in [0.1, 0.15) is 17.1 Å². The number of piperidine rings is 1. The molecule has 0 unspecified atom stereocenters. The summed E-state index contributed by atoms with van der Waals surface area (Å²) in [6, 6.07) is 4.14. The maximum absolute atomic E-state index is 14.5. The number of alkyl halides is 2. The Kier molecular flexibility index (Phi) is 6.36. The predicted octanol–water partition coefficient (Wildman–Crippen LogP) is 3.20. The average Bonchev–Trinajstić information content (AvgIpc) is 2.79. The summed E-state index contributed by atoms with van der Waals surface area (Å²) in [6.45, 7) is 0.784. The molecule has 186 valence electrons. The molecular weight excluding hydrogens is 491 g/mol. The Balaban J connectivity index is 1.82. The minimum Gasteiger partial charge on any atom is -0.476 e. The predicted molar refractivity (Wildman–Crippen MR) is 123 cm³/mol. The van der Waals surface area contributed by atoms with Crippen molar-refractivity contribution in [2.24, 2.45) is 7.05 Å². The van der Waals surface area contributed by atoms with Crippen LogP contribution in [0.1, 0.15) is 35.4 Å². The van der Waals surface area contributed by atoms with Gasteiger partial charge in [-0.05, 0) is 37.6 Å². The molecule has 1 fully saturated rings. The van der Waals surface area contributed by atoms with Crippen LogP contribution in [0.25, 0.3) is 10.9 Å². The number of aliphatic hydroxyl groups excluding tert-OH is 1. The summed E-state index contributed by atoms with van der Waals surface area (Å²) in [5, 5.41) is 21.8. The standard InChI is InChI=1S/C22H21ClF3N5O4/c1-10(27-14-3-4-16(23)28-18(14)20(34)35)12-7-11(24)8-13-17(12)29-21(30(2)19(13)33)31-6-5-15(32)22(25,26)9-31/h3-4,7-8,10,15,27,32H,5-6,9H2,1-2H3,(H,34,35)/t10-,15+/m1/s1. The summed E-state index contributed by atoms with van der Waals surface area (Å²) in [5.41, 5.74) is -0.636. The molecule has 9 nitrogen and oxygen atoms in total. The maximum Gasteiger partial charge on any atom is 0.356 e. The Hall–Kier alpha value is -3.38. The van der Waals surface area contributed by atoms with Gasteiger partial charge in [0.05, 0.1) is 29.2 Å². The highest BCUT2D eigenvalue weighted by Gasteiger charge is 2.44. The molecule has 0 spiro atoms. The minimum atomic E-state index is -3.40. The van der Waals surface area contributed by atoms with Gasteiger partial charge in [-0.1, -0.05) is 11.6 Å². The van der Waals surface area contributed by atoms with Gasteiger partial charge in [0.15, 0.2) is 5.69 Å². The summed E-state index contributed by atoms with van der Waals surface area (Å²) in [7, 11) is 1.35. The molecule has 1 aromatic carbocycles. The number of aromatic carboxylic acids is 1. The Morgan fingerprint density at radius 2 is 2.03 bits per heavy atom. The van der Waals surface area contributed by atoms with Crippen molar-refractivity contribution in [2.45, 2.75) is 31.4 Å². The van der Waals surface area contributed by atoms with Gasteiger partial charge < -0.3 is 20.4 Å². The van der Waals surface area contributed by atoms with Gasteiger partial charge in [-0.2, -0.15) is 0 Å². The van der Waals surface area contributed by atoms with Crippen LogP contribution >= 0.6 is 11.6 Å². The zero-order chi connectivity index (χ0) is 25.7. The number of carboxylic acids is 1. The number of halogens is 4. The number of hydrogen-bond acceptors (Lipinski definition) is 7. The SMILES string of the molecule is C[C@@H](Nc1ccc(Cl)nc1C(=O)O)c1cc(F)cc2c(=O)n(C)c(N3CC[C@H](O)C(F)(F)C3)nc12. The number of carbonyl (C=O) groups is 1. The zero-order valence-electron chi connectivity index (χ0n) is 18.6. The number of carboxylic acid groups (broad SMARTS) is 1. The quantitative estimate of drug-likeness (QED) is 0.447. The number of hydrogen-bond donors (Lipinski definition) is 3. The second-order valence-electron chi connectivity index (χ2n) is 8.36. The third-order valence-electron chi connectivity index (χ3n) is 5.90. The highest BCUT2D eigenvalue weighted by Crippen LogP contribution is 2.32. The van der Waals surface area contributed by atoms with Gasteiger partial charge in [-0.3, -0.25) is 9.36 Å². The molecule has 13 heteroatoms. The molecule has 0 aliphatic carbocycles. The number of aliphatic hydroxyl groups is 1. The van der Waals surface area contributed by atoms with Gasteiger partial charge in [-0.25, -0.2) is 27.9 Å². The van der Waals surface area contributed by atoms with Crippen LogP contribution in [0, 0.1) is 5.82 Å². The Bertz CT molecular complexity index is 1380. The number of rotatable bonds is 5. The van der Waals surface area contributed by atoms with E-state index >= 15 is 0 Å². The molecule has 1 aliphatic heterocycles. The smallest absolute Gasteiger partial charge is 0.356 e. The minimum absolute atomic E-state index is 0.0323. The van der Waals surface area contributed by atoms with Crippen LogP contribution in [0.3, 0.4) is 0 Å². The van der Waals surface area contributed by atoms with Crippen LogP contribution in [0.4, 0.5) is 24.8 Å². The first-order valence-electron chi connectivity index (χ1n) is 10.6. The summed E-state index contributed by atoms with van der Waals surface area (Å²) in [6.07, 6.45) is -2.03. The van der Waals surface area contributed by atoms with E-state index in [2.05, 4.69) is 15.3 Å². The molecule has 0 bridgehead atoms. The topological polar surface area (TPSA) is 121 Å². The van der Waals surface area contributed by atoms with Crippen LogP contribution in [-0.4, -0.2) is 55.8 Å². The first-order valence-corrected chi connectivity index (χ1v) is 10.9. The summed E-state index contributed by atoms with van der Waals surface area (Å²) >= 11 is 5.79. The number of pyridine rings is 1. The van der Waals surface area contributed by atoms with Crippen LogP contribution in [0.15, 0.2) is 29.1 Å². The van der Waals surface area contributed by atoms with E-state index in [0.29, 0.717) is 0 Å². The van der Waals surface area contributed by atoms with Crippen LogP contribution in [0.2, 0.25) is 5.15 Å². The molecule has 3 aromatic rings. The average molecular weight is 512 g/mol. The van der Waals surface area contributed by atoms with E-state index < -0.39 is 42.0 Å². The lowest BCUT2D eigenvalue weighted by atomic mass is 10.0. The Labute approximate surface area is 201 Å². The number of anilines is 2. The lowest BCUT2D eigenvalue weighted by Gasteiger charge is -2.37. The van der Waals surface area contributed by atoms with E-state index in [1.807, 2.05) is 0 Å². The largest absolute Gasteiger partial charge is 0.476 e. The molecule has 4 rings (SSSR count). The molecule has 1 aliphatic rings. The molecule has 0 saturated carbocycles. The Morgan fingerprint density at radius 3 is 2.69 bits per heavy atom. The molecule has 35 heavy (non-hydrogen) atoms. The fourth-order valence-electron chi connectivity index (χ4n) is 4.09. The number of nitrogens with zero attached hydrogens (tertiary/aromatic N) is 4. The monoisotopic (exact) mass is 511 g/mol. The molecule has 3 N–H and O–H groups in total. The van der Waals surface area contributed by atoms with E-state index in [4.69, 9.17) is 11.6 Å². The summed E-state index contributed by atoms with van der Waals surface area (Å²) in [4.78, 5) is 34.0. The van der Waals surface area contributed by atoms with Crippen LogP contribution in [-0.2, 0) is 7.05 Å². The molecule has 3 heterocycles. The van der Waals surface area contributed by atoms with Crippen molar-refractivity contribution in [1.82, 2.24) is 14.5 Å². The third kappa shape index (κ3) is 4.63. The van der Waals surface area contributed by atoms with Gasteiger partial charge in [0.2, 0.25) is 5.95 Å². The van der Waals surface area contributed by atoms with Crippen molar-refractivity contribution < 1.29 is 28.2 Å². The molecule has 2 atom stereocenters. The van der Waals surface area contributed by atoms with Gasteiger partial charge >= 0.3 is 5.97 Å². The van der Waals surface area contributed by atoms with Crippen molar-refractivity contribution in [1.29, 1.82) is 0 Å².